The quantitative estimate of drug-likeness (QED) is 0.596. The second kappa shape index (κ2) is 9.47. The monoisotopic (exact) mass is 393 g/mol. The minimum atomic E-state index is -0.156. The number of fused-ring (bicyclic) bond motifs is 1. The van der Waals surface area contributed by atoms with Gasteiger partial charge in [0.15, 0.2) is 0 Å². The Labute approximate surface area is 170 Å². The van der Waals surface area contributed by atoms with Crippen molar-refractivity contribution < 1.29 is 9.53 Å². The van der Waals surface area contributed by atoms with Crippen molar-refractivity contribution in [1.82, 2.24) is 14.9 Å². The van der Waals surface area contributed by atoms with Crippen LogP contribution in [0.4, 0.5) is 0 Å². The van der Waals surface area contributed by atoms with Crippen LogP contribution in [0.15, 0.2) is 53.3 Å². The Morgan fingerprint density at radius 2 is 1.93 bits per heavy atom. The van der Waals surface area contributed by atoms with E-state index in [-0.39, 0.29) is 17.6 Å². The lowest BCUT2D eigenvalue weighted by Gasteiger charge is -2.12. The highest BCUT2D eigenvalue weighted by molar-refractivity contribution is 5.97. The van der Waals surface area contributed by atoms with Gasteiger partial charge in [-0.3, -0.25) is 9.59 Å². The predicted octanol–water partition coefficient (Wildman–Crippen LogP) is 3.30. The van der Waals surface area contributed by atoms with Crippen molar-refractivity contribution in [2.75, 3.05) is 13.2 Å². The van der Waals surface area contributed by atoms with Gasteiger partial charge in [0.2, 0.25) is 0 Å². The molecule has 1 aromatic heterocycles. The van der Waals surface area contributed by atoms with Crippen LogP contribution in [-0.4, -0.2) is 34.7 Å². The van der Waals surface area contributed by atoms with Crippen molar-refractivity contribution in [1.29, 1.82) is 0 Å². The summed E-state index contributed by atoms with van der Waals surface area (Å²) in [6.07, 6.45) is 0.944. The highest BCUT2D eigenvalue weighted by Gasteiger charge is 2.12. The lowest BCUT2D eigenvalue weighted by atomic mass is 10.1. The third kappa shape index (κ3) is 5.29. The molecule has 0 fully saturated rings. The Kier molecular flexibility index (Phi) is 6.77. The lowest BCUT2D eigenvalue weighted by Crippen LogP contribution is -2.27. The molecule has 0 saturated carbocycles. The number of amides is 1. The fourth-order valence-electron chi connectivity index (χ4n) is 3.13. The fraction of sp³-hybridized carbons (Fsp3) is 0.348. The number of carbonyl (C=O) groups is 1. The molecule has 0 radical (unpaired) electrons. The van der Waals surface area contributed by atoms with Crippen molar-refractivity contribution in [2.24, 2.45) is 0 Å². The van der Waals surface area contributed by atoms with E-state index in [0.717, 1.165) is 12.0 Å². The van der Waals surface area contributed by atoms with E-state index >= 15 is 0 Å². The van der Waals surface area contributed by atoms with Crippen LogP contribution in [-0.2, 0) is 11.3 Å². The topological polar surface area (TPSA) is 73.2 Å². The minimum Gasteiger partial charge on any atom is -0.379 e. The zero-order valence-corrected chi connectivity index (χ0v) is 17.1. The van der Waals surface area contributed by atoms with E-state index in [1.165, 1.54) is 0 Å². The molecule has 6 nitrogen and oxygen atoms in total. The van der Waals surface area contributed by atoms with Crippen LogP contribution < -0.4 is 10.9 Å². The molecule has 0 bridgehead atoms. The van der Waals surface area contributed by atoms with Gasteiger partial charge in [-0.2, -0.15) is 0 Å². The number of aryl methyl sites for hydroxylation is 1. The minimum absolute atomic E-state index is 0.122. The van der Waals surface area contributed by atoms with Gasteiger partial charge >= 0.3 is 0 Å². The maximum absolute atomic E-state index is 12.7. The van der Waals surface area contributed by atoms with E-state index in [2.05, 4.69) is 10.3 Å². The molecule has 0 saturated heterocycles. The summed E-state index contributed by atoms with van der Waals surface area (Å²) in [6.45, 7) is 7.29. The molecule has 152 valence electrons. The first-order valence-electron chi connectivity index (χ1n) is 9.90. The third-order valence-electron chi connectivity index (χ3n) is 4.61. The van der Waals surface area contributed by atoms with Crippen LogP contribution in [0.1, 0.15) is 41.9 Å². The number of carbonyl (C=O) groups excluding carboxylic acids is 1. The molecule has 0 spiro atoms. The number of benzene rings is 2. The second-order valence-electron chi connectivity index (χ2n) is 7.31. The summed E-state index contributed by atoms with van der Waals surface area (Å²) in [5.74, 6) is -0.156. The molecule has 1 heterocycles. The summed E-state index contributed by atoms with van der Waals surface area (Å²) in [7, 11) is 0. The van der Waals surface area contributed by atoms with E-state index in [4.69, 9.17) is 4.74 Å². The summed E-state index contributed by atoms with van der Waals surface area (Å²) in [5.41, 5.74) is 3.20. The maximum Gasteiger partial charge on any atom is 0.272 e. The number of ether oxygens (including phenoxy) is 1. The first kappa shape index (κ1) is 20.7. The summed E-state index contributed by atoms with van der Waals surface area (Å²) < 4.78 is 7.19. The normalized spacial score (nSPS) is 11.2. The van der Waals surface area contributed by atoms with Crippen LogP contribution in [0.25, 0.3) is 11.0 Å². The van der Waals surface area contributed by atoms with Gasteiger partial charge in [-0.25, -0.2) is 4.98 Å². The van der Waals surface area contributed by atoms with Gasteiger partial charge in [-0.1, -0.05) is 30.3 Å². The molecule has 3 aromatic rings. The number of nitrogens with zero attached hydrogens (tertiary/aromatic N) is 2. The largest absolute Gasteiger partial charge is 0.379 e. The molecule has 6 heteroatoms. The molecule has 0 aliphatic heterocycles. The summed E-state index contributed by atoms with van der Waals surface area (Å²) in [4.78, 5) is 29.5. The maximum atomic E-state index is 12.7. The van der Waals surface area contributed by atoms with E-state index in [1.807, 2.05) is 44.2 Å². The van der Waals surface area contributed by atoms with Gasteiger partial charge in [0.1, 0.15) is 5.69 Å². The highest BCUT2D eigenvalue weighted by atomic mass is 16.5. The van der Waals surface area contributed by atoms with E-state index in [0.29, 0.717) is 42.0 Å². The van der Waals surface area contributed by atoms with Gasteiger partial charge in [0, 0.05) is 18.7 Å². The molecule has 0 unspecified atom stereocenters. The Bertz CT molecular complexity index is 1040. The van der Waals surface area contributed by atoms with Crippen molar-refractivity contribution in [2.45, 2.75) is 39.8 Å². The second-order valence-corrected chi connectivity index (χ2v) is 7.31. The summed E-state index contributed by atoms with van der Waals surface area (Å²) >= 11 is 0. The van der Waals surface area contributed by atoms with Gasteiger partial charge in [0.25, 0.3) is 11.5 Å². The van der Waals surface area contributed by atoms with Crippen LogP contribution in [0.2, 0.25) is 0 Å². The first-order chi connectivity index (χ1) is 14.0. The molecule has 0 aliphatic carbocycles. The molecule has 29 heavy (non-hydrogen) atoms. The molecule has 1 N–H and O–H groups in total. The number of rotatable bonds is 8. The highest BCUT2D eigenvalue weighted by Crippen LogP contribution is 2.15. The number of hydrogen-bond donors (Lipinski definition) is 1. The number of hydrogen-bond acceptors (Lipinski definition) is 4. The molecule has 3 rings (SSSR count). The number of nitrogens with one attached hydrogen (secondary N) is 1. The Morgan fingerprint density at radius 3 is 2.66 bits per heavy atom. The van der Waals surface area contributed by atoms with E-state index in [1.54, 1.807) is 29.7 Å². The van der Waals surface area contributed by atoms with Crippen molar-refractivity contribution in [3.8, 4) is 0 Å². The molecule has 2 aromatic carbocycles. The molecule has 1 amide bonds. The lowest BCUT2D eigenvalue weighted by molar-refractivity contribution is 0.0757. The zero-order chi connectivity index (χ0) is 20.8. The van der Waals surface area contributed by atoms with Crippen LogP contribution in [0.5, 0.6) is 0 Å². The van der Waals surface area contributed by atoms with Gasteiger partial charge in [-0.15, -0.1) is 0 Å². The van der Waals surface area contributed by atoms with Crippen molar-refractivity contribution in [3.63, 3.8) is 0 Å². The van der Waals surface area contributed by atoms with Gasteiger partial charge in [-0.05, 0) is 51.0 Å². The summed E-state index contributed by atoms with van der Waals surface area (Å²) in [6, 6.07) is 15.1. The molecular formula is C23H27N3O3. The summed E-state index contributed by atoms with van der Waals surface area (Å²) in [5, 5.41) is 2.90. The van der Waals surface area contributed by atoms with E-state index < -0.39 is 0 Å². The molecular weight excluding hydrogens is 366 g/mol. The average molecular weight is 393 g/mol. The zero-order valence-electron chi connectivity index (χ0n) is 17.1. The average Bonchev–Trinajstić information content (AvgIpc) is 2.71. The molecule has 0 aliphatic rings. The smallest absolute Gasteiger partial charge is 0.272 e. The first-order valence-corrected chi connectivity index (χ1v) is 9.90. The Hall–Kier alpha value is -2.99. The predicted molar refractivity (Wildman–Crippen MR) is 114 cm³/mol. The third-order valence-corrected chi connectivity index (χ3v) is 4.61. The Morgan fingerprint density at radius 1 is 1.17 bits per heavy atom. The Balaban J connectivity index is 1.80. The van der Waals surface area contributed by atoms with Gasteiger partial charge in [0.05, 0.1) is 23.7 Å². The SMILES string of the molecule is Cc1nc2cc(C(=O)NCCCOC(C)C)ccc2n(Cc2ccccc2)c1=O. The van der Waals surface area contributed by atoms with Crippen molar-refractivity contribution in [3.05, 3.63) is 75.7 Å². The van der Waals surface area contributed by atoms with Crippen LogP contribution >= 0.6 is 0 Å². The van der Waals surface area contributed by atoms with Gasteiger partial charge < -0.3 is 14.6 Å². The number of aromatic nitrogens is 2. The van der Waals surface area contributed by atoms with Crippen LogP contribution in [0, 0.1) is 6.92 Å². The fourth-order valence-corrected chi connectivity index (χ4v) is 3.13. The van der Waals surface area contributed by atoms with Crippen molar-refractivity contribution >= 4 is 16.9 Å². The van der Waals surface area contributed by atoms with Crippen LogP contribution in [0.3, 0.4) is 0 Å². The molecule has 0 atom stereocenters. The standard InChI is InChI=1S/C23H27N3O3/c1-16(2)29-13-7-12-24-22(27)19-10-11-21-20(14-19)25-17(3)23(28)26(21)15-18-8-5-4-6-9-18/h4-6,8-11,14,16H,7,12-13,15H2,1-3H3,(H,24,27). The van der Waals surface area contributed by atoms with E-state index in [9.17, 15) is 9.59 Å².